The van der Waals surface area contributed by atoms with E-state index in [1.807, 2.05) is 12.1 Å². The fourth-order valence-corrected chi connectivity index (χ4v) is 4.46. The molecule has 3 aromatic carbocycles. The van der Waals surface area contributed by atoms with Gasteiger partial charge in [-0.25, -0.2) is 8.78 Å². The molecule has 0 bridgehead atoms. The molecule has 0 aliphatic carbocycles. The van der Waals surface area contributed by atoms with Gasteiger partial charge >= 0.3 is 0 Å². The van der Waals surface area contributed by atoms with Crippen molar-refractivity contribution in [1.82, 2.24) is 0 Å². The molecule has 5 heteroatoms. The Morgan fingerprint density at radius 1 is 0.941 bits per heavy atom. The van der Waals surface area contributed by atoms with Crippen LogP contribution in [0.25, 0.3) is 22.3 Å². The van der Waals surface area contributed by atoms with Crippen LogP contribution in [-0.4, -0.2) is 13.2 Å². The molecule has 1 aliphatic rings. The van der Waals surface area contributed by atoms with Gasteiger partial charge in [0, 0.05) is 11.1 Å². The van der Waals surface area contributed by atoms with Gasteiger partial charge in [0.25, 0.3) is 0 Å². The predicted molar refractivity (Wildman–Crippen MR) is 129 cm³/mol. The highest BCUT2D eigenvalue weighted by Gasteiger charge is 2.25. The van der Waals surface area contributed by atoms with E-state index in [-0.39, 0.29) is 29.8 Å². The summed E-state index contributed by atoms with van der Waals surface area (Å²) >= 11 is 0. The third kappa shape index (κ3) is 5.20. The Bertz CT molecular complexity index is 1130. The lowest BCUT2D eigenvalue weighted by Crippen LogP contribution is -2.21. The first-order valence-corrected chi connectivity index (χ1v) is 11.7. The zero-order valence-corrected chi connectivity index (χ0v) is 19.3. The molecule has 2 nitrogen and oxygen atoms in total. The molecule has 0 radical (unpaired) electrons. The topological polar surface area (TPSA) is 18.5 Å². The van der Waals surface area contributed by atoms with Gasteiger partial charge in [-0.1, -0.05) is 42.5 Å². The molecule has 3 aromatic rings. The zero-order chi connectivity index (χ0) is 24.1. The first-order valence-electron chi connectivity index (χ1n) is 11.7. The fraction of sp³-hybridized carbons (Fsp3) is 0.310. The van der Waals surface area contributed by atoms with Crippen molar-refractivity contribution in [3.05, 3.63) is 90.3 Å². The van der Waals surface area contributed by atoms with Crippen molar-refractivity contribution >= 4 is 0 Å². The van der Waals surface area contributed by atoms with Gasteiger partial charge in [0.1, 0.15) is 5.82 Å². The molecule has 0 N–H and O–H groups in total. The quantitative estimate of drug-likeness (QED) is 0.311. The standard InChI is InChI=1S/C29H29F3O2/c1-3-5-6-19-7-15-26(34-18-19)24-13-12-22(17-25(24)30)20-8-10-21(11-9-20)23-14-16-27(33-4-2)29(32)28(23)31/h3,8-14,16-17,19,26H,1,4-7,15,18H2,2H3. The van der Waals surface area contributed by atoms with E-state index in [4.69, 9.17) is 9.47 Å². The maximum absolute atomic E-state index is 15.0. The van der Waals surface area contributed by atoms with Crippen LogP contribution in [0.15, 0.2) is 67.3 Å². The first-order chi connectivity index (χ1) is 16.5. The van der Waals surface area contributed by atoms with E-state index in [0.29, 0.717) is 29.2 Å². The smallest absolute Gasteiger partial charge is 0.201 e. The van der Waals surface area contributed by atoms with Gasteiger partial charge in [-0.05, 0) is 73.4 Å². The molecule has 34 heavy (non-hydrogen) atoms. The number of rotatable bonds is 8. The minimum absolute atomic E-state index is 0.106. The highest BCUT2D eigenvalue weighted by molar-refractivity contribution is 5.71. The Balaban J connectivity index is 1.48. The number of hydrogen-bond donors (Lipinski definition) is 0. The van der Waals surface area contributed by atoms with Crippen LogP contribution in [0.3, 0.4) is 0 Å². The van der Waals surface area contributed by atoms with E-state index in [9.17, 15) is 13.2 Å². The Kier molecular flexibility index (Phi) is 7.73. The van der Waals surface area contributed by atoms with Gasteiger partial charge in [0.15, 0.2) is 11.6 Å². The summed E-state index contributed by atoms with van der Waals surface area (Å²) in [7, 11) is 0. The van der Waals surface area contributed by atoms with E-state index >= 15 is 0 Å². The van der Waals surface area contributed by atoms with Gasteiger partial charge in [0.2, 0.25) is 5.82 Å². The maximum atomic E-state index is 15.0. The molecule has 1 heterocycles. The van der Waals surface area contributed by atoms with Crippen molar-refractivity contribution in [3.63, 3.8) is 0 Å². The lowest BCUT2D eigenvalue weighted by Gasteiger charge is -2.29. The average molecular weight is 467 g/mol. The Labute approximate surface area is 199 Å². The van der Waals surface area contributed by atoms with Crippen molar-refractivity contribution in [2.45, 2.75) is 38.7 Å². The number of halogens is 3. The average Bonchev–Trinajstić information content (AvgIpc) is 2.86. The Morgan fingerprint density at radius 2 is 1.68 bits per heavy atom. The third-order valence-electron chi connectivity index (χ3n) is 6.37. The number of allylic oxidation sites excluding steroid dienone is 1. The second kappa shape index (κ2) is 10.9. The molecule has 1 aliphatic heterocycles. The van der Waals surface area contributed by atoms with Crippen LogP contribution in [-0.2, 0) is 4.74 Å². The first kappa shape index (κ1) is 24.1. The van der Waals surface area contributed by atoms with Crippen molar-refractivity contribution < 1.29 is 22.6 Å². The summed E-state index contributed by atoms with van der Waals surface area (Å²) in [6, 6.07) is 15.0. The monoisotopic (exact) mass is 466 g/mol. The summed E-state index contributed by atoms with van der Waals surface area (Å²) in [4.78, 5) is 0. The fourth-order valence-electron chi connectivity index (χ4n) is 4.46. The van der Waals surface area contributed by atoms with Crippen LogP contribution >= 0.6 is 0 Å². The van der Waals surface area contributed by atoms with Crippen molar-refractivity contribution in [2.24, 2.45) is 5.92 Å². The van der Waals surface area contributed by atoms with Crippen molar-refractivity contribution in [3.8, 4) is 28.0 Å². The molecule has 4 rings (SSSR count). The van der Waals surface area contributed by atoms with E-state index in [0.717, 1.165) is 31.2 Å². The minimum atomic E-state index is -1.00. The highest BCUT2D eigenvalue weighted by Crippen LogP contribution is 2.36. The second-order valence-corrected chi connectivity index (χ2v) is 8.62. The summed E-state index contributed by atoms with van der Waals surface area (Å²) in [6.07, 6.45) is 5.54. The Morgan fingerprint density at radius 3 is 2.32 bits per heavy atom. The molecular weight excluding hydrogens is 437 g/mol. The molecule has 1 fully saturated rings. The van der Waals surface area contributed by atoms with Crippen molar-refractivity contribution in [1.29, 1.82) is 0 Å². The highest BCUT2D eigenvalue weighted by atomic mass is 19.2. The minimum Gasteiger partial charge on any atom is -0.491 e. The molecule has 0 aromatic heterocycles. The molecule has 2 atom stereocenters. The molecular formula is C29H29F3O2. The van der Waals surface area contributed by atoms with E-state index in [2.05, 4.69) is 6.58 Å². The zero-order valence-electron chi connectivity index (χ0n) is 19.3. The predicted octanol–water partition coefficient (Wildman–Crippen LogP) is 8.27. The molecule has 0 saturated carbocycles. The van der Waals surface area contributed by atoms with E-state index in [1.54, 1.807) is 37.3 Å². The van der Waals surface area contributed by atoms with E-state index in [1.165, 1.54) is 18.2 Å². The van der Waals surface area contributed by atoms with Crippen LogP contribution in [0.4, 0.5) is 13.2 Å². The molecule has 1 saturated heterocycles. The lowest BCUT2D eigenvalue weighted by atomic mass is 9.90. The van der Waals surface area contributed by atoms with Crippen LogP contribution in [0.2, 0.25) is 0 Å². The largest absolute Gasteiger partial charge is 0.491 e. The van der Waals surface area contributed by atoms with Crippen molar-refractivity contribution in [2.75, 3.05) is 13.2 Å². The summed E-state index contributed by atoms with van der Waals surface area (Å²) in [5.41, 5.74) is 2.76. The normalized spacial score (nSPS) is 18.0. The number of ether oxygens (including phenoxy) is 2. The third-order valence-corrected chi connectivity index (χ3v) is 6.37. The Hall–Kier alpha value is -3.05. The molecule has 0 spiro atoms. The second-order valence-electron chi connectivity index (χ2n) is 8.62. The van der Waals surface area contributed by atoms with E-state index < -0.39 is 11.6 Å². The van der Waals surface area contributed by atoms with Gasteiger partial charge in [-0.2, -0.15) is 4.39 Å². The van der Waals surface area contributed by atoms with Crippen LogP contribution in [0, 0.1) is 23.4 Å². The molecule has 178 valence electrons. The van der Waals surface area contributed by atoms with Crippen LogP contribution in [0.1, 0.15) is 44.3 Å². The van der Waals surface area contributed by atoms with Gasteiger partial charge in [-0.15, -0.1) is 6.58 Å². The van der Waals surface area contributed by atoms with Gasteiger partial charge in [0.05, 0.1) is 19.3 Å². The number of benzene rings is 3. The molecule has 2 unspecified atom stereocenters. The van der Waals surface area contributed by atoms with Gasteiger partial charge in [-0.3, -0.25) is 0 Å². The van der Waals surface area contributed by atoms with Crippen LogP contribution < -0.4 is 4.74 Å². The summed E-state index contributed by atoms with van der Waals surface area (Å²) in [5.74, 6) is -1.85. The summed E-state index contributed by atoms with van der Waals surface area (Å²) in [5, 5.41) is 0. The van der Waals surface area contributed by atoms with Crippen LogP contribution in [0.5, 0.6) is 5.75 Å². The molecule has 0 amide bonds. The maximum Gasteiger partial charge on any atom is 0.201 e. The lowest BCUT2D eigenvalue weighted by molar-refractivity contribution is -0.0207. The summed E-state index contributed by atoms with van der Waals surface area (Å²) < 4.78 is 54.8. The SMILES string of the molecule is C=CCCC1CCC(c2ccc(-c3ccc(-c4ccc(OCC)c(F)c4F)cc3)cc2F)OC1. The number of hydrogen-bond acceptors (Lipinski definition) is 2. The van der Waals surface area contributed by atoms with Gasteiger partial charge < -0.3 is 9.47 Å². The summed E-state index contributed by atoms with van der Waals surface area (Å²) in [6.45, 7) is 6.37.